The molecule has 0 heterocycles. The van der Waals surface area contributed by atoms with Crippen LogP contribution in [-0.4, -0.2) is 5.11 Å². The van der Waals surface area contributed by atoms with E-state index in [4.69, 9.17) is 11.6 Å². The minimum atomic E-state index is -1.13. The Hall–Kier alpha value is -1.45. The van der Waals surface area contributed by atoms with E-state index in [9.17, 15) is 13.9 Å². The fraction of sp³-hybridized carbons (Fsp3) is 0.200. The maximum Gasteiger partial charge on any atom is 0.164 e. The van der Waals surface area contributed by atoms with E-state index in [1.54, 1.807) is 24.3 Å². The van der Waals surface area contributed by atoms with E-state index in [2.05, 4.69) is 0 Å². The zero-order valence-electron chi connectivity index (χ0n) is 10.3. The van der Waals surface area contributed by atoms with E-state index in [1.165, 1.54) is 19.1 Å². The van der Waals surface area contributed by atoms with Crippen molar-refractivity contribution in [3.8, 4) is 0 Å². The van der Waals surface area contributed by atoms with E-state index in [-0.39, 0.29) is 17.5 Å². The second-order valence-corrected chi connectivity index (χ2v) is 4.82. The lowest BCUT2D eigenvalue weighted by atomic mass is 9.99. The standard InChI is InChI=1S/C15H13ClF2O/c1-9-6-7-11(15(18)14(9)17)13(19)8-10-4-2-3-5-12(10)16/h2-7,13,19H,8H2,1H3. The van der Waals surface area contributed by atoms with Crippen LogP contribution in [0.1, 0.15) is 22.8 Å². The van der Waals surface area contributed by atoms with Crippen LogP contribution in [-0.2, 0) is 6.42 Å². The highest BCUT2D eigenvalue weighted by atomic mass is 35.5. The maximum absolute atomic E-state index is 13.7. The summed E-state index contributed by atoms with van der Waals surface area (Å²) in [6, 6.07) is 9.83. The van der Waals surface area contributed by atoms with Crippen LogP contribution < -0.4 is 0 Å². The van der Waals surface area contributed by atoms with Crippen LogP contribution in [0.4, 0.5) is 8.78 Å². The molecule has 0 aliphatic rings. The van der Waals surface area contributed by atoms with Gasteiger partial charge < -0.3 is 5.11 Å². The van der Waals surface area contributed by atoms with Crippen molar-refractivity contribution in [1.29, 1.82) is 0 Å². The van der Waals surface area contributed by atoms with Crippen LogP contribution in [0.25, 0.3) is 0 Å². The third-order valence-corrected chi connectivity index (χ3v) is 3.40. The molecule has 0 aromatic heterocycles. The number of rotatable bonds is 3. The van der Waals surface area contributed by atoms with E-state index in [1.807, 2.05) is 0 Å². The molecule has 100 valence electrons. The number of halogens is 3. The van der Waals surface area contributed by atoms with Crippen LogP contribution in [0.2, 0.25) is 5.02 Å². The molecule has 0 spiro atoms. The summed E-state index contributed by atoms with van der Waals surface area (Å²) in [6.07, 6.45) is -0.992. The highest BCUT2D eigenvalue weighted by Gasteiger charge is 2.18. The molecule has 0 fully saturated rings. The summed E-state index contributed by atoms with van der Waals surface area (Å²) >= 11 is 5.97. The molecular weight excluding hydrogens is 270 g/mol. The van der Waals surface area contributed by atoms with Crippen molar-refractivity contribution < 1.29 is 13.9 Å². The van der Waals surface area contributed by atoms with Crippen molar-refractivity contribution in [3.05, 3.63) is 69.7 Å². The van der Waals surface area contributed by atoms with E-state index < -0.39 is 17.7 Å². The highest BCUT2D eigenvalue weighted by Crippen LogP contribution is 2.26. The Morgan fingerprint density at radius 2 is 1.79 bits per heavy atom. The van der Waals surface area contributed by atoms with Crippen molar-refractivity contribution in [1.82, 2.24) is 0 Å². The molecule has 2 aromatic rings. The molecule has 1 unspecified atom stereocenters. The number of aliphatic hydroxyl groups is 1. The fourth-order valence-corrected chi connectivity index (χ4v) is 2.11. The first-order chi connectivity index (χ1) is 9.00. The Bertz CT molecular complexity index is 599. The number of benzene rings is 2. The zero-order valence-corrected chi connectivity index (χ0v) is 11.1. The van der Waals surface area contributed by atoms with Crippen LogP contribution in [0.3, 0.4) is 0 Å². The van der Waals surface area contributed by atoms with Gasteiger partial charge in [0, 0.05) is 17.0 Å². The molecule has 0 aliphatic carbocycles. The second-order valence-electron chi connectivity index (χ2n) is 4.41. The monoisotopic (exact) mass is 282 g/mol. The molecule has 1 nitrogen and oxygen atoms in total. The lowest BCUT2D eigenvalue weighted by Gasteiger charge is -2.14. The third-order valence-electron chi connectivity index (χ3n) is 3.04. The van der Waals surface area contributed by atoms with Crippen molar-refractivity contribution in [2.75, 3.05) is 0 Å². The van der Waals surface area contributed by atoms with E-state index >= 15 is 0 Å². The summed E-state index contributed by atoms with van der Waals surface area (Å²) in [5, 5.41) is 10.5. The van der Waals surface area contributed by atoms with Gasteiger partial charge in [0.25, 0.3) is 0 Å². The summed E-state index contributed by atoms with van der Waals surface area (Å²) in [7, 11) is 0. The van der Waals surface area contributed by atoms with Crippen molar-refractivity contribution in [3.63, 3.8) is 0 Å². The summed E-state index contributed by atoms with van der Waals surface area (Å²) in [4.78, 5) is 0. The lowest BCUT2D eigenvalue weighted by Crippen LogP contribution is -2.07. The molecule has 0 saturated carbocycles. The highest BCUT2D eigenvalue weighted by molar-refractivity contribution is 6.31. The van der Waals surface area contributed by atoms with Crippen LogP contribution >= 0.6 is 11.6 Å². The molecule has 1 N–H and O–H groups in total. The van der Waals surface area contributed by atoms with Crippen molar-refractivity contribution in [2.45, 2.75) is 19.4 Å². The first-order valence-electron chi connectivity index (χ1n) is 5.86. The number of aryl methyl sites for hydroxylation is 1. The molecule has 19 heavy (non-hydrogen) atoms. The topological polar surface area (TPSA) is 20.2 Å². The van der Waals surface area contributed by atoms with Gasteiger partial charge in [0.1, 0.15) is 0 Å². The van der Waals surface area contributed by atoms with Gasteiger partial charge in [-0.25, -0.2) is 8.78 Å². The van der Waals surface area contributed by atoms with Crippen LogP contribution in [0, 0.1) is 18.6 Å². The molecule has 0 bridgehead atoms. The Balaban J connectivity index is 2.28. The van der Waals surface area contributed by atoms with Gasteiger partial charge in [0.15, 0.2) is 11.6 Å². The van der Waals surface area contributed by atoms with Crippen LogP contribution in [0.15, 0.2) is 36.4 Å². The summed E-state index contributed by atoms with van der Waals surface area (Å²) in [6.45, 7) is 1.47. The second kappa shape index (κ2) is 5.68. The smallest absolute Gasteiger partial charge is 0.164 e. The zero-order chi connectivity index (χ0) is 14.0. The Morgan fingerprint density at radius 1 is 1.11 bits per heavy atom. The molecule has 2 rings (SSSR count). The minimum absolute atomic E-state index is 0.0528. The van der Waals surface area contributed by atoms with Crippen molar-refractivity contribution >= 4 is 11.6 Å². The Kier molecular flexibility index (Phi) is 4.17. The lowest BCUT2D eigenvalue weighted by molar-refractivity contribution is 0.172. The molecule has 4 heteroatoms. The van der Waals surface area contributed by atoms with Crippen LogP contribution in [0.5, 0.6) is 0 Å². The average Bonchev–Trinajstić information content (AvgIpc) is 2.39. The SMILES string of the molecule is Cc1ccc(C(O)Cc2ccccc2Cl)c(F)c1F. The molecule has 1 atom stereocenters. The summed E-state index contributed by atoms with van der Waals surface area (Å²) < 4.78 is 27.2. The first-order valence-corrected chi connectivity index (χ1v) is 6.24. The largest absolute Gasteiger partial charge is 0.388 e. The molecule has 0 amide bonds. The van der Waals surface area contributed by atoms with E-state index in [0.29, 0.717) is 10.6 Å². The predicted molar refractivity (Wildman–Crippen MR) is 71.2 cm³/mol. The number of hydrogen-bond acceptors (Lipinski definition) is 1. The molecule has 0 saturated heterocycles. The first kappa shape index (κ1) is 14.0. The van der Waals surface area contributed by atoms with Gasteiger partial charge in [-0.15, -0.1) is 0 Å². The van der Waals surface area contributed by atoms with Gasteiger partial charge in [-0.05, 0) is 24.1 Å². The molecule has 0 radical (unpaired) electrons. The Labute approximate surface area is 115 Å². The molecule has 2 aromatic carbocycles. The quantitative estimate of drug-likeness (QED) is 0.894. The van der Waals surface area contributed by atoms with Crippen molar-refractivity contribution in [2.24, 2.45) is 0 Å². The molecular formula is C15H13ClF2O. The summed E-state index contributed by atoms with van der Waals surface area (Å²) in [5.41, 5.74) is 0.853. The van der Waals surface area contributed by atoms with Gasteiger partial charge >= 0.3 is 0 Å². The maximum atomic E-state index is 13.7. The van der Waals surface area contributed by atoms with Gasteiger partial charge in [0.2, 0.25) is 0 Å². The fourth-order valence-electron chi connectivity index (χ4n) is 1.90. The molecule has 0 aliphatic heterocycles. The van der Waals surface area contributed by atoms with E-state index in [0.717, 1.165) is 0 Å². The Morgan fingerprint density at radius 3 is 2.47 bits per heavy atom. The predicted octanol–water partition coefficient (Wildman–Crippen LogP) is 4.20. The third kappa shape index (κ3) is 2.94. The minimum Gasteiger partial charge on any atom is -0.388 e. The summed E-state index contributed by atoms with van der Waals surface area (Å²) in [5.74, 6) is -1.92. The number of hydrogen-bond donors (Lipinski definition) is 1. The number of aliphatic hydroxyl groups excluding tert-OH is 1. The van der Waals surface area contributed by atoms with Gasteiger partial charge in [0.05, 0.1) is 6.10 Å². The van der Waals surface area contributed by atoms with Gasteiger partial charge in [-0.3, -0.25) is 0 Å². The van der Waals surface area contributed by atoms with Gasteiger partial charge in [-0.2, -0.15) is 0 Å². The average molecular weight is 283 g/mol. The van der Waals surface area contributed by atoms with Gasteiger partial charge in [-0.1, -0.05) is 41.9 Å². The normalized spacial score (nSPS) is 12.5.